The summed E-state index contributed by atoms with van der Waals surface area (Å²) in [5, 5.41) is 30.0. The molecule has 4 heteroatoms. The Hall–Kier alpha value is -1.46. The monoisotopic (exact) mass is 264 g/mol. The van der Waals surface area contributed by atoms with Gasteiger partial charge in [-0.25, -0.2) is 0 Å². The molecule has 0 bridgehead atoms. The fourth-order valence-electron chi connectivity index (χ4n) is 1.74. The first-order valence-electron chi connectivity index (χ1n) is 6.06. The molecule has 0 aliphatic carbocycles. The maximum atomic E-state index is 10.1. The van der Waals surface area contributed by atoms with Crippen LogP contribution in [0, 0.1) is 0 Å². The summed E-state index contributed by atoms with van der Waals surface area (Å²) < 4.78 is 5.30. The van der Waals surface area contributed by atoms with Crippen molar-refractivity contribution in [2.75, 3.05) is 6.61 Å². The van der Waals surface area contributed by atoms with Crippen molar-refractivity contribution in [3.05, 3.63) is 61.2 Å². The minimum Gasteiger partial charge on any atom is -0.387 e. The normalized spacial score (nSPS) is 17.2. The van der Waals surface area contributed by atoms with Crippen LogP contribution in [0.2, 0.25) is 0 Å². The first-order chi connectivity index (χ1) is 9.11. The van der Waals surface area contributed by atoms with Crippen LogP contribution in [0.3, 0.4) is 0 Å². The van der Waals surface area contributed by atoms with E-state index >= 15 is 0 Å². The first kappa shape index (κ1) is 15.6. The summed E-state index contributed by atoms with van der Waals surface area (Å²) >= 11 is 0. The summed E-state index contributed by atoms with van der Waals surface area (Å²) in [6.07, 6.45) is -1.70. The molecule has 19 heavy (non-hydrogen) atoms. The number of ether oxygens (including phenoxy) is 1. The molecule has 0 heterocycles. The van der Waals surface area contributed by atoms with Gasteiger partial charge >= 0.3 is 0 Å². The molecule has 4 nitrogen and oxygen atoms in total. The second-order valence-corrected chi connectivity index (χ2v) is 4.16. The molecule has 0 saturated carbocycles. The van der Waals surface area contributed by atoms with Gasteiger partial charge in [-0.05, 0) is 5.56 Å². The molecule has 104 valence electrons. The molecular weight excluding hydrogens is 244 g/mol. The number of aliphatic hydroxyl groups excluding tert-OH is 3. The maximum Gasteiger partial charge on any atom is 0.116 e. The van der Waals surface area contributed by atoms with E-state index in [-0.39, 0.29) is 6.61 Å². The van der Waals surface area contributed by atoms with Crippen molar-refractivity contribution in [1.29, 1.82) is 0 Å². The molecule has 0 unspecified atom stereocenters. The zero-order chi connectivity index (χ0) is 14.3. The van der Waals surface area contributed by atoms with Crippen molar-refractivity contribution in [2.24, 2.45) is 0 Å². The van der Waals surface area contributed by atoms with E-state index < -0.39 is 24.4 Å². The molecule has 0 aliphatic rings. The smallest absolute Gasteiger partial charge is 0.116 e. The average Bonchev–Trinajstić information content (AvgIpc) is 2.47. The number of hydrogen-bond donors (Lipinski definition) is 3. The quantitative estimate of drug-likeness (QED) is 0.617. The zero-order valence-electron chi connectivity index (χ0n) is 10.7. The molecular formula is C15H20O4. The molecule has 4 atom stereocenters. The third kappa shape index (κ3) is 4.29. The predicted molar refractivity (Wildman–Crippen MR) is 73.5 cm³/mol. The molecule has 0 fully saturated rings. The van der Waals surface area contributed by atoms with Crippen molar-refractivity contribution in [3.63, 3.8) is 0 Å². The van der Waals surface area contributed by atoms with Crippen molar-refractivity contribution in [3.8, 4) is 0 Å². The van der Waals surface area contributed by atoms with E-state index in [4.69, 9.17) is 4.74 Å². The molecule has 1 rings (SSSR count). The molecule has 1 aromatic rings. The number of aliphatic hydroxyl groups is 3. The van der Waals surface area contributed by atoms with Crippen LogP contribution in [-0.4, -0.2) is 40.2 Å². The first-order valence-corrected chi connectivity index (χ1v) is 6.06. The molecule has 0 saturated heterocycles. The Bertz CT molecular complexity index is 390. The molecule has 1 aromatic carbocycles. The standard InChI is InChI=1S/C15H20O4/c1-3-10-19-15(12(16)4-2)14(18)13(17)11-8-6-5-7-9-11/h3-9,12-18H,1-2,10H2/t12-,13+,14+,15+/m1/s1. The van der Waals surface area contributed by atoms with E-state index in [0.717, 1.165) is 0 Å². The van der Waals surface area contributed by atoms with Crippen LogP contribution < -0.4 is 0 Å². The van der Waals surface area contributed by atoms with Crippen LogP contribution in [0.15, 0.2) is 55.6 Å². The van der Waals surface area contributed by atoms with Gasteiger partial charge in [0.05, 0.1) is 6.61 Å². The second kappa shape index (κ2) is 7.86. The highest BCUT2D eigenvalue weighted by Gasteiger charge is 2.32. The zero-order valence-corrected chi connectivity index (χ0v) is 10.7. The molecule has 0 aromatic heterocycles. The largest absolute Gasteiger partial charge is 0.387 e. The van der Waals surface area contributed by atoms with Gasteiger partial charge in [-0.15, -0.1) is 13.2 Å². The van der Waals surface area contributed by atoms with Crippen LogP contribution in [0.25, 0.3) is 0 Å². The van der Waals surface area contributed by atoms with E-state index in [1.54, 1.807) is 24.3 Å². The van der Waals surface area contributed by atoms with Gasteiger partial charge < -0.3 is 20.1 Å². The Morgan fingerprint density at radius 2 is 1.74 bits per heavy atom. The summed E-state index contributed by atoms with van der Waals surface area (Å²) in [5.74, 6) is 0. The number of benzene rings is 1. The lowest BCUT2D eigenvalue weighted by atomic mass is 9.97. The molecule has 0 spiro atoms. The fourth-order valence-corrected chi connectivity index (χ4v) is 1.74. The van der Waals surface area contributed by atoms with Crippen molar-refractivity contribution >= 4 is 0 Å². The van der Waals surface area contributed by atoms with Crippen molar-refractivity contribution < 1.29 is 20.1 Å². The Morgan fingerprint density at radius 1 is 1.11 bits per heavy atom. The van der Waals surface area contributed by atoms with Gasteiger partial charge in [0.15, 0.2) is 0 Å². The Morgan fingerprint density at radius 3 is 2.26 bits per heavy atom. The third-order valence-electron chi connectivity index (χ3n) is 2.79. The summed E-state index contributed by atoms with van der Waals surface area (Å²) in [4.78, 5) is 0. The van der Waals surface area contributed by atoms with Gasteiger partial charge in [0, 0.05) is 0 Å². The van der Waals surface area contributed by atoms with E-state index in [1.807, 2.05) is 6.07 Å². The van der Waals surface area contributed by atoms with E-state index in [2.05, 4.69) is 13.2 Å². The highest BCUT2D eigenvalue weighted by Crippen LogP contribution is 2.22. The second-order valence-electron chi connectivity index (χ2n) is 4.16. The molecule has 0 radical (unpaired) electrons. The van der Waals surface area contributed by atoms with E-state index in [1.165, 1.54) is 12.2 Å². The van der Waals surface area contributed by atoms with Crippen LogP contribution >= 0.6 is 0 Å². The summed E-state index contributed by atoms with van der Waals surface area (Å²) in [5.41, 5.74) is 0.554. The summed E-state index contributed by atoms with van der Waals surface area (Å²) in [6, 6.07) is 8.72. The minimum atomic E-state index is -1.27. The van der Waals surface area contributed by atoms with Crippen LogP contribution in [0.5, 0.6) is 0 Å². The molecule has 3 N–H and O–H groups in total. The van der Waals surface area contributed by atoms with Gasteiger partial charge in [0.2, 0.25) is 0 Å². The van der Waals surface area contributed by atoms with Gasteiger partial charge in [0.25, 0.3) is 0 Å². The van der Waals surface area contributed by atoms with E-state index in [9.17, 15) is 15.3 Å². The van der Waals surface area contributed by atoms with Crippen molar-refractivity contribution in [2.45, 2.75) is 24.4 Å². The van der Waals surface area contributed by atoms with Crippen LogP contribution in [-0.2, 0) is 4.74 Å². The lowest BCUT2D eigenvalue weighted by Crippen LogP contribution is -2.42. The SMILES string of the molecule is C=CCO[C@H]([C@@H](O)[C@@H](O)c1ccccc1)[C@H](O)C=C. The highest BCUT2D eigenvalue weighted by molar-refractivity contribution is 5.19. The van der Waals surface area contributed by atoms with Gasteiger partial charge in [-0.2, -0.15) is 0 Å². The maximum absolute atomic E-state index is 10.1. The molecule has 0 aliphatic heterocycles. The lowest BCUT2D eigenvalue weighted by molar-refractivity contribution is -0.119. The third-order valence-corrected chi connectivity index (χ3v) is 2.79. The van der Waals surface area contributed by atoms with Crippen LogP contribution in [0.4, 0.5) is 0 Å². The van der Waals surface area contributed by atoms with Crippen molar-refractivity contribution in [1.82, 2.24) is 0 Å². The Kier molecular flexibility index (Phi) is 6.45. The van der Waals surface area contributed by atoms with Gasteiger partial charge in [-0.1, -0.05) is 42.5 Å². The summed E-state index contributed by atoms with van der Waals surface area (Å²) in [7, 11) is 0. The highest BCUT2D eigenvalue weighted by atomic mass is 16.5. The van der Waals surface area contributed by atoms with Gasteiger partial charge in [0.1, 0.15) is 24.4 Å². The minimum absolute atomic E-state index is 0.161. The predicted octanol–water partition coefficient (Wildman–Crippen LogP) is 1.20. The van der Waals surface area contributed by atoms with Gasteiger partial charge in [-0.3, -0.25) is 0 Å². The number of rotatable bonds is 8. The Labute approximate surface area is 113 Å². The summed E-state index contributed by atoms with van der Waals surface area (Å²) in [6.45, 7) is 7.12. The topological polar surface area (TPSA) is 69.9 Å². The number of hydrogen-bond acceptors (Lipinski definition) is 4. The van der Waals surface area contributed by atoms with E-state index in [0.29, 0.717) is 5.56 Å². The Balaban J connectivity index is 2.82. The fraction of sp³-hybridized carbons (Fsp3) is 0.333. The average molecular weight is 264 g/mol. The lowest BCUT2D eigenvalue weighted by Gasteiger charge is -2.29. The molecule has 0 amide bonds. The van der Waals surface area contributed by atoms with Crippen LogP contribution in [0.1, 0.15) is 11.7 Å².